The number of ketones is 1. The summed E-state index contributed by atoms with van der Waals surface area (Å²) in [5.74, 6) is -0.981. The Kier molecular flexibility index (Phi) is 18.1. The summed E-state index contributed by atoms with van der Waals surface area (Å²) < 4.78 is 32.9. The molecule has 42 heavy (non-hydrogen) atoms. The summed E-state index contributed by atoms with van der Waals surface area (Å²) in [5, 5.41) is 47.5. The maximum absolute atomic E-state index is 12.6. The van der Waals surface area contributed by atoms with Crippen LogP contribution in [0.5, 0.6) is 5.75 Å². The number of hydrogen-bond acceptors (Lipinski definition) is 11. The molecule has 0 saturated carbocycles. The molecule has 19 heteroatoms. The Hall–Kier alpha value is -4.15. The van der Waals surface area contributed by atoms with Gasteiger partial charge in [0.2, 0.25) is 5.78 Å². The Balaban J connectivity index is -0.000000552. The molecule has 0 atom stereocenters. The van der Waals surface area contributed by atoms with E-state index in [9.17, 15) is 33.0 Å². The van der Waals surface area contributed by atoms with Crippen LogP contribution in [0.4, 0.5) is 11.4 Å². The zero-order valence-corrected chi connectivity index (χ0v) is 25.3. The van der Waals surface area contributed by atoms with Crippen LogP contribution in [0.25, 0.3) is 15.7 Å². The van der Waals surface area contributed by atoms with Crippen LogP contribution in [0.3, 0.4) is 0 Å². The van der Waals surface area contributed by atoms with Crippen LogP contribution in [0.15, 0.2) is 65.8 Å². The minimum Gasteiger partial charge on any atom is -0.506 e. The van der Waals surface area contributed by atoms with Crippen molar-refractivity contribution in [2.75, 3.05) is 5.43 Å². The van der Waals surface area contributed by atoms with Crippen LogP contribution in [-0.2, 0) is 46.7 Å². The van der Waals surface area contributed by atoms with E-state index in [0.29, 0.717) is 11.5 Å². The number of non-ortho nitro benzene ring substituents is 1. The Morgan fingerprint density at radius 1 is 0.929 bits per heavy atom. The van der Waals surface area contributed by atoms with Gasteiger partial charge in [0.25, 0.3) is 35.2 Å². The largest absolute Gasteiger partial charge is 1.00 e. The van der Waals surface area contributed by atoms with E-state index < -0.39 is 31.4 Å². The predicted octanol–water partition coefficient (Wildman–Crippen LogP) is -0.590. The molecule has 0 saturated heterocycles. The van der Waals surface area contributed by atoms with E-state index in [2.05, 4.69) is 10.5 Å². The summed E-state index contributed by atoms with van der Waals surface area (Å²) in [6.07, 6.45) is 0.644. The van der Waals surface area contributed by atoms with Gasteiger partial charge in [-0.05, 0) is 17.5 Å². The van der Waals surface area contributed by atoms with Crippen molar-refractivity contribution in [3.63, 3.8) is 0 Å². The summed E-state index contributed by atoms with van der Waals surface area (Å²) in [7, 11) is -4.84. The van der Waals surface area contributed by atoms with Gasteiger partial charge in [-0.1, -0.05) is 30.3 Å². The second kappa shape index (κ2) is 19.1. The molecule has 3 aromatic rings. The number of carboxylic acid groups (broad SMARTS) is 3. The average molecular weight is 654 g/mol. The molecule has 0 unspecified atom stereocenters. The topological polar surface area (TPSA) is 271 Å². The first-order valence-electron chi connectivity index (χ1n) is 10.2. The first-order chi connectivity index (χ1) is 18.9. The monoisotopic (exact) mass is 654 g/mol. The van der Waals surface area contributed by atoms with Crippen molar-refractivity contribution < 1.29 is 107 Å². The van der Waals surface area contributed by atoms with Gasteiger partial charge in [0.15, 0.2) is 0 Å². The third-order valence-electron chi connectivity index (χ3n) is 4.69. The summed E-state index contributed by atoms with van der Waals surface area (Å²) in [6, 6.07) is 13.4. The SMILES string of the molecule is O=C1C=C(S(=O)(=O)O)c2cc([N+](=O)[O-])ccc2/C1=N/Nc1c(O)ccc2ccccc12.O=CO.O=CO.O=CO.[Cr].[H+].[H+].[Na+]. The Bertz CT molecular complexity index is 1610. The minimum atomic E-state index is -4.84. The fourth-order valence-electron chi connectivity index (χ4n) is 3.27. The molecule has 6 N–H and O–H groups in total. The second-order valence-corrected chi connectivity index (χ2v) is 8.29. The van der Waals surface area contributed by atoms with Crippen LogP contribution in [-0.4, -0.2) is 69.2 Å². The summed E-state index contributed by atoms with van der Waals surface area (Å²) in [5.41, 5.74) is 1.90. The first-order valence-corrected chi connectivity index (χ1v) is 11.7. The third kappa shape index (κ3) is 10.7. The van der Waals surface area contributed by atoms with E-state index in [1.807, 2.05) is 12.1 Å². The molecule has 216 valence electrons. The zero-order chi connectivity index (χ0) is 30.5. The zero-order valence-electron chi connectivity index (χ0n) is 23.2. The molecular weight excluding hydrogens is 633 g/mol. The van der Waals surface area contributed by atoms with Gasteiger partial charge in [-0.15, -0.1) is 0 Å². The molecule has 1 aliphatic rings. The summed E-state index contributed by atoms with van der Waals surface area (Å²) in [4.78, 5) is 47.3. The number of allylic oxidation sites excluding steroid dienone is 1. The van der Waals surface area contributed by atoms with Gasteiger partial charge in [0, 0.05) is 52.1 Å². The van der Waals surface area contributed by atoms with Crippen LogP contribution in [0, 0.1) is 10.1 Å². The fourth-order valence-corrected chi connectivity index (χ4v) is 3.97. The number of nitrogens with zero attached hydrogens (tertiary/aromatic N) is 2. The molecule has 4 rings (SSSR count). The van der Waals surface area contributed by atoms with Gasteiger partial charge in [0.1, 0.15) is 22.1 Å². The number of carbonyl (C=O) groups is 4. The number of rotatable bonds is 4. The number of nitrogens with one attached hydrogen (secondary N) is 1. The third-order valence-corrected chi connectivity index (χ3v) is 5.59. The number of hydrogen-bond donors (Lipinski definition) is 6. The fraction of sp³-hybridized carbons (Fsp3) is 0. The van der Waals surface area contributed by atoms with Crippen molar-refractivity contribution in [3.05, 3.63) is 81.9 Å². The predicted molar refractivity (Wildman–Crippen MR) is 142 cm³/mol. The van der Waals surface area contributed by atoms with Gasteiger partial charge in [0.05, 0.1) is 4.92 Å². The van der Waals surface area contributed by atoms with E-state index in [4.69, 9.17) is 29.7 Å². The smallest absolute Gasteiger partial charge is 0.506 e. The van der Waals surface area contributed by atoms with E-state index in [-0.39, 0.29) is 97.5 Å². The molecular formula is C23H21CrN3NaO13S+3. The van der Waals surface area contributed by atoms with Gasteiger partial charge < -0.3 is 20.4 Å². The normalized spacial score (nSPS) is 11.9. The van der Waals surface area contributed by atoms with Gasteiger partial charge in [-0.3, -0.25) is 39.3 Å². The number of aromatic hydroxyl groups is 1. The van der Waals surface area contributed by atoms with E-state index in [0.717, 1.165) is 17.5 Å². The Morgan fingerprint density at radius 3 is 2.00 bits per heavy atom. The van der Waals surface area contributed by atoms with Gasteiger partial charge >= 0.3 is 32.4 Å². The quantitative estimate of drug-likeness (QED) is 0.0513. The molecule has 3 aromatic carbocycles. The molecule has 0 bridgehead atoms. The summed E-state index contributed by atoms with van der Waals surface area (Å²) in [6.45, 7) is -0.750. The van der Waals surface area contributed by atoms with Crippen molar-refractivity contribution >= 4 is 68.1 Å². The number of hydrazone groups is 1. The number of carbonyl (C=O) groups excluding carboxylic acids is 1. The van der Waals surface area contributed by atoms with E-state index >= 15 is 0 Å². The minimum absolute atomic E-state index is 0. The van der Waals surface area contributed by atoms with Crippen LogP contribution in [0.1, 0.15) is 14.0 Å². The summed E-state index contributed by atoms with van der Waals surface area (Å²) >= 11 is 0. The number of nitro benzene ring substituents is 1. The van der Waals surface area contributed by atoms with Crippen LogP contribution in [0.2, 0.25) is 0 Å². The molecule has 16 nitrogen and oxygen atoms in total. The molecule has 0 aliphatic heterocycles. The molecule has 0 spiro atoms. The molecule has 0 aromatic heterocycles. The maximum Gasteiger partial charge on any atom is 1.00 e. The van der Waals surface area contributed by atoms with Crippen molar-refractivity contribution in [2.24, 2.45) is 5.10 Å². The number of phenolic OH excluding ortho intramolecular Hbond substituents is 1. The van der Waals surface area contributed by atoms with Gasteiger partial charge in [-0.2, -0.15) is 13.5 Å². The molecule has 0 heterocycles. The van der Waals surface area contributed by atoms with Crippen molar-refractivity contribution in [3.8, 4) is 5.75 Å². The number of benzene rings is 3. The van der Waals surface area contributed by atoms with Crippen molar-refractivity contribution in [1.29, 1.82) is 0 Å². The Morgan fingerprint density at radius 2 is 1.48 bits per heavy atom. The molecule has 0 radical (unpaired) electrons. The number of nitro groups is 1. The molecule has 0 amide bonds. The number of phenols is 1. The Labute approximate surface area is 272 Å². The number of anilines is 1. The molecule has 0 fully saturated rings. The van der Waals surface area contributed by atoms with E-state index in [1.165, 1.54) is 12.1 Å². The standard InChI is InChI=1S/C20H13N3O7S.3CH2O2.Cr.Na/c24-16-8-5-11-3-1-2-4-13(11)19(16)21-22-20-14-7-6-12(23(26)27)9-15(14)18(10-17(20)25)31(28,29)30;3*2-1-3;;/h1-10,21,24H,(H,28,29,30);3*1H,(H,2,3);;/q;;;;;+1/p+2/b22-20-;;;;;. The van der Waals surface area contributed by atoms with Gasteiger partial charge in [-0.25, -0.2) is 0 Å². The van der Waals surface area contributed by atoms with Crippen molar-refractivity contribution in [1.82, 2.24) is 0 Å². The van der Waals surface area contributed by atoms with Crippen LogP contribution < -0.4 is 35.0 Å². The molecule has 1 aliphatic carbocycles. The van der Waals surface area contributed by atoms with Crippen molar-refractivity contribution in [2.45, 2.75) is 0 Å². The first kappa shape index (κ1) is 40.0. The average Bonchev–Trinajstić information content (AvgIpc) is 2.89. The van der Waals surface area contributed by atoms with E-state index in [1.54, 1.807) is 18.2 Å². The number of fused-ring (bicyclic) bond motifs is 2. The second-order valence-electron chi connectivity index (χ2n) is 6.90. The maximum atomic E-state index is 12.6. The van der Waals surface area contributed by atoms with Crippen LogP contribution >= 0.6 is 0 Å².